The molecule has 0 aliphatic heterocycles. The Morgan fingerprint density at radius 3 is 1.95 bits per heavy atom. The van der Waals surface area contributed by atoms with E-state index in [-0.39, 0.29) is 5.78 Å². The fourth-order valence-electron chi connectivity index (χ4n) is 2.20. The third-order valence-electron chi connectivity index (χ3n) is 3.41. The highest BCUT2D eigenvalue weighted by Crippen LogP contribution is 2.30. The molecule has 0 aliphatic carbocycles. The first-order valence-corrected chi connectivity index (χ1v) is 7.59. The number of hydrogen-bond donors (Lipinski definition) is 0. The summed E-state index contributed by atoms with van der Waals surface area (Å²) in [6, 6.07) is 14.9. The van der Waals surface area contributed by atoms with Gasteiger partial charge in [0.2, 0.25) is 5.78 Å². The van der Waals surface area contributed by atoms with Crippen LogP contribution in [0.1, 0.15) is 21.5 Å². The maximum Gasteiger partial charge on any atom is 0.260 e. The van der Waals surface area contributed by atoms with Crippen LogP contribution < -0.4 is 0 Å². The van der Waals surface area contributed by atoms with E-state index in [1.807, 2.05) is 43.3 Å². The summed E-state index contributed by atoms with van der Waals surface area (Å²) in [5.41, 5.74) is 2.35. The van der Waals surface area contributed by atoms with Crippen molar-refractivity contribution in [2.24, 2.45) is 0 Å². The summed E-state index contributed by atoms with van der Waals surface area (Å²) in [5.74, 6) is -1.63. The minimum atomic E-state index is -1.42. The molecule has 0 heterocycles. The second kappa shape index (κ2) is 6.68. The molecule has 0 aliphatic rings. The Morgan fingerprint density at radius 2 is 1.48 bits per heavy atom. The number of ether oxygens (including phenoxy) is 2. The number of rotatable bonds is 5. The number of Topliss-reactive ketones (excluding diaryl/α,β-unsaturated/α-hetero) is 1. The van der Waals surface area contributed by atoms with E-state index >= 15 is 0 Å². The number of carbonyl (C=O) groups is 1. The number of methoxy groups -OCH3 is 2. The van der Waals surface area contributed by atoms with Crippen molar-refractivity contribution in [3.63, 3.8) is 0 Å². The topological polar surface area (TPSA) is 35.5 Å². The van der Waals surface area contributed by atoms with Gasteiger partial charge in [0.15, 0.2) is 0 Å². The monoisotopic (exact) mass is 396 g/mol. The van der Waals surface area contributed by atoms with Crippen molar-refractivity contribution in [3.8, 4) is 0 Å². The van der Waals surface area contributed by atoms with Crippen LogP contribution >= 0.6 is 22.6 Å². The molecule has 0 atom stereocenters. The zero-order chi connectivity index (χ0) is 15.5. The molecule has 2 aromatic carbocycles. The highest BCUT2D eigenvalue weighted by Gasteiger charge is 2.41. The first-order valence-electron chi connectivity index (χ1n) is 6.51. The van der Waals surface area contributed by atoms with Crippen LogP contribution in [0.5, 0.6) is 0 Å². The van der Waals surface area contributed by atoms with E-state index in [0.29, 0.717) is 11.1 Å². The number of hydrogen-bond acceptors (Lipinski definition) is 3. The molecule has 2 rings (SSSR count). The Labute approximate surface area is 138 Å². The Bertz CT molecular complexity index is 613. The van der Waals surface area contributed by atoms with E-state index < -0.39 is 5.79 Å². The van der Waals surface area contributed by atoms with Crippen LogP contribution in [-0.4, -0.2) is 20.0 Å². The van der Waals surface area contributed by atoms with Gasteiger partial charge >= 0.3 is 0 Å². The molecule has 0 radical (unpaired) electrons. The van der Waals surface area contributed by atoms with Crippen molar-refractivity contribution in [2.75, 3.05) is 14.2 Å². The van der Waals surface area contributed by atoms with Crippen molar-refractivity contribution in [1.29, 1.82) is 0 Å². The molecule has 0 saturated carbocycles. The quantitative estimate of drug-likeness (QED) is 0.437. The SMILES string of the molecule is COC(OC)(C(=O)c1ccc(I)cc1)c1ccc(C)cc1. The summed E-state index contributed by atoms with van der Waals surface area (Å²) >= 11 is 2.20. The largest absolute Gasteiger partial charge is 0.343 e. The highest BCUT2D eigenvalue weighted by atomic mass is 127. The Morgan fingerprint density at radius 1 is 0.952 bits per heavy atom. The number of ketones is 1. The number of halogens is 1. The lowest BCUT2D eigenvalue weighted by Gasteiger charge is -2.29. The van der Waals surface area contributed by atoms with E-state index in [0.717, 1.165) is 9.13 Å². The summed E-state index contributed by atoms with van der Waals surface area (Å²) in [5, 5.41) is 0. The number of carbonyl (C=O) groups excluding carboxylic acids is 1. The van der Waals surface area contributed by atoms with Crippen molar-refractivity contribution >= 4 is 28.4 Å². The first-order chi connectivity index (χ1) is 10.0. The molecule has 4 heteroatoms. The average Bonchev–Trinajstić information content (AvgIpc) is 2.51. The van der Waals surface area contributed by atoms with Crippen molar-refractivity contribution < 1.29 is 14.3 Å². The third-order valence-corrected chi connectivity index (χ3v) is 4.13. The van der Waals surface area contributed by atoms with Gasteiger partial charge in [0.05, 0.1) is 0 Å². The molecule has 0 saturated heterocycles. The predicted molar refractivity (Wildman–Crippen MR) is 90.4 cm³/mol. The molecule has 0 N–H and O–H groups in total. The second-order valence-corrected chi connectivity index (χ2v) is 5.97. The van der Waals surface area contributed by atoms with Crippen molar-refractivity contribution in [3.05, 3.63) is 68.8 Å². The standard InChI is InChI=1S/C17H17IO3/c1-12-4-8-14(9-5-12)17(20-2,21-3)16(19)13-6-10-15(18)11-7-13/h4-11H,1-3H3. The summed E-state index contributed by atoms with van der Waals surface area (Å²) in [7, 11) is 2.96. The van der Waals surface area contributed by atoms with Crippen LogP contribution in [0.4, 0.5) is 0 Å². The van der Waals surface area contributed by atoms with E-state index in [1.54, 1.807) is 12.1 Å². The zero-order valence-electron chi connectivity index (χ0n) is 12.2. The number of aryl methyl sites for hydroxylation is 1. The molecule has 2 aromatic rings. The molecular weight excluding hydrogens is 379 g/mol. The van der Waals surface area contributed by atoms with Gasteiger partial charge in [-0.25, -0.2) is 0 Å². The first kappa shape index (κ1) is 16.1. The van der Waals surface area contributed by atoms with Gasteiger partial charge in [-0.05, 0) is 41.6 Å². The summed E-state index contributed by atoms with van der Waals surface area (Å²) < 4.78 is 12.0. The minimum absolute atomic E-state index is 0.215. The molecule has 110 valence electrons. The fourth-order valence-corrected chi connectivity index (χ4v) is 2.56. The van der Waals surface area contributed by atoms with E-state index in [4.69, 9.17) is 9.47 Å². The molecule has 0 aromatic heterocycles. The van der Waals surface area contributed by atoms with Crippen molar-refractivity contribution in [2.45, 2.75) is 12.7 Å². The lowest BCUT2D eigenvalue weighted by Crippen LogP contribution is -2.40. The summed E-state index contributed by atoms with van der Waals surface area (Å²) in [6.07, 6.45) is 0. The van der Waals surface area contributed by atoms with Gasteiger partial charge in [0.1, 0.15) is 0 Å². The summed E-state index contributed by atoms with van der Waals surface area (Å²) in [4.78, 5) is 12.9. The van der Waals surface area contributed by atoms with E-state index in [1.165, 1.54) is 14.2 Å². The van der Waals surface area contributed by atoms with Gasteiger partial charge in [-0.1, -0.05) is 42.0 Å². The molecule has 0 amide bonds. The normalized spacial score (nSPS) is 11.4. The second-order valence-electron chi connectivity index (χ2n) is 4.73. The fraction of sp³-hybridized carbons (Fsp3) is 0.235. The Balaban J connectivity index is 2.48. The van der Waals surface area contributed by atoms with Crippen LogP contribution in [-0.2, 0) is 15.3 Å². The molecular formula is C17H17IO3. The molecule has 0 unspecified atom stereocenters. The van der Waals surface area contributed by atoms with Crippen LogP contribution in [0.2, 0.25) is 0 Å². The lowest BCUT2D eigenvalue weighted by molar-refractivity contribution is -0.176. The van der Waals surface area contributed by atoms with Gasteiger partial charge < -0.3 is 9.47 Å². The van der Waals surface area contributed by atoms with E-state index in [9.17, 15) is 4.79 Å². The molecule has 0 fully saturated rings. The molecule has 0 bridgehead atoms. The average molecular weight is 396 g/mol. The van der Waals surface area contributed by atoms with Crippen LogP contribution in [0.25, 0.3) is 0 Å². The van der Waals surface area contributed by atoms with Gasteiger partial charge in [-0.15, -0.1) is 0 Å². The Kier molecular flexibility index (Phi) is 5.13. The third kappa shape index (κ3) is 3.17. The molecule has 21 heavy (non-hydrogen) atoms. The summed E-state index contributed by atoms with van der Waals surface area (Å²) in [6.45, 7) is 1.99. The lowest BCUT2D eigenvalue weighted by atomic mass is 9.95. The van der Waals surface area contributed by atoms with Gasteiger partial charge in [-0.2, -0.15) is 0 Å². The highest BCUT2D eigenvalue weighted by molar-refractivity contribution is 14.1. The minimum Gasteiger partial charge on any atom is -0.343 e. The zero-order valence-corrected chi connectivity index (χ0v) is 14.4. The molecule has 0 spiro atoms. The Hall–Kier alpha value is -1.24. The van der Waals surface area contributed by atoms with Crippen molar-refractivity contribution in [1.82, 2.24) is 0 Å². The molecule has 3 nitrogen and oxygen atoms in total. The van der Waals surface area contributed by atoms with Crippen LogP contribution in [0.15, 0.2) is 48.5 Å². The van der Waals surface area contributed by atoms with Gasteiger partial charge in [-0.3, -0.25) is 4.79 Å². The smallest absolute Gasteiger partial charge is 0.260 e. The number of benzene rings is 2. The van der Waals surface area contributed by atoms with Gasteiger partial charge in [0, 0.05) is 28.9 Å². The van der Waals surface area contributed by atoms with Crippen LogP contribution in [0.3, 0.4) is 0 Å². The van der Waals surface area contributed by atoms with Gasteiger partial charge in [0.25, 0.3) is 5.79 Å². The maximum atomic E-state index is 12.9. The van der Waals surface area contributed by atoms with Crippen LogP contribution in [0, 0.1) is 10.5 Å². The maximum absolute atomic E-state index is 12.9. The van der Waals surface area contributed by atoms with E-state index in [2.05, 4.69) is 22.6 Å². The predicted octanol–water partition coefficient (Wildman–Crippen LogP) is 3.93.